The van der Waals surface area contributed by atoms with Gasteiger partial charge >= 0.3 is 0 Å². The quantitative estimate of drug-likeness (QED) is 0.589. The number of aromatic nitrogens is 1. The van der Waals surface area contributed by atoms with Gasteiger partial charge in [-0.05, 0) is 23.6 Å². The fraction of sp³-hybridized carbons (Fsp3) is 0. The van der Waals surface area contributed by atoms with Gasteiger partial charge in [0, 0.05) is 5.38 Å². The lowest BCUT2D eigenvalue weighted by Gasteiger charge is -2.08. The van der Waals surface area contributed by atoms with Crippen LogP contribution in [0.15, 0.2) is 39.9 Å². The van der Waals surface area contributed by atoms with Gasteiger partial charge in [0.25, 0.3) is 10.0 Å². The Bertz CT molecular complexity index is 946. The maximum atomic E-state index is 12.5. The van der Waals surface area contributed by atoms with E-state index in [0.717, 1.165) is 16.2 Å². The molecule has 1 aromatic carbocycles. The summed E-state index contributed by atoms with van der Waals surface area (Å²) in [4.78, 5) is 4.86. The highest BCUT2D eigenvalue weighted by Gasteiger charge is 2.23. The normalized spacial score (nSPS) is 11.6. The summed E-state index contributed by atoms with van der Waals surface area (Å²) in [5, 5.41) is 4.43. The monoisotopic (exact) mass is 424 g/mol. The molecule has 2 aromatic heterocycles. The van der Waals surface area contributed by atoms with E-state index in [4.69, 9.17) is 34.8 Å². The molecule has 0 unspecified atom stereocenters. The van der Waals surface area contributed by atoms with Crippen molar-refractivity contribution >= 4 is 72.6 Å². The van der Waals surface area contributed by atoms with E-state index in [1.807, 2.05) is 5.38 Å². The molecule has 0 spiro atoms. The Morgan fingerprint density at radius 2 is 1.70 bits per heavy atom. The van der Waals surface area contributed by atoms with E-state index >= 15 is 0 Å². The minimum Gasteiger partial charge on any atom is -0.255 e. The van der Waals surface area contributed by atoms with Gasteiger partial charge in [-0.2, -0.15) is 0 Å². The highest BCUT2D eigenvalue weighted by atomic mass is 35.5. The molecule has 23 heavy (non-hydrogen) atoms. The second-order valence-electron chi connectivity index (χ2n) is 4.29. The highest BCUT2D eigenvalue weighted by Crippen LogP contribution is 2.36. The van der Waals surface area contributed by atoms with Crippen LogP contribution < -0.4 is 4.72 Å². The molecule has 1 N–H and O–H groups in total. The summed E-state index contributed by atoms with van der Waals surface area (Å²) in [6.07, 6.45) is 0. The number of hydrogen-bond acceptors (Lipinski definition) is 5. The number of anilines is 1. The van der Waals surface area contributed by atoms with Crippen molar-refractivity contribution in [1.29, 1.82) is 0 Å². The van der Waals surface area contributed by atoms with Crippen molar-refractivity contribution in [1.82, 2.24) is 4.98 Å². The second kappa shape index (κ2) is 6.58. The number of thiazole rings is 1. The lowest BCUT2D eigenvalue weighted by atomic mass is 10.4. The molecule has 0 fully saturated rings. The van der Waals surface area contributed by atoms with Crippen LogP contribution in [-0.4, -0.2) is 13.4 Å². The van der Waals surface area contributed by atoms with E-state index in [2.05, 4.69) is 9.71 Å². The van der Waals surface area contributed by atoms with Gasteiger partial charge in [-0.15, -0.1) is 22.7 Å². The number of rotatable bonds is 4. The number of nitrogens with zero attached hydrogens (tertiary/aromatic N) is 1. The zero-order valence-electron chi connectivity index (χ0n) is 11.1. The predicted molar refractivity (Wildman–Crippen MR) is 97.7 cm³/mol. The SMILES string of the molecule is O=S(=O)(Nc1nc(-c2sccc2Cl)cs1)c1c(Cl)cccc1Cl. The predicted octanol–water partition coefficient (Wildman–Crippen LogP) is 5.63. The Labute approximate surface area is 155 Å². The highest BCUT2D eigenvalue weighted by molar-refractivity contribution is 7.93. The standard InChI is InChI=1S/C13H7Cl3N2O2S3/c14-7-4-5-21-11(7)10-6-22-13(17-10)18-23(19,20)12-8(15)2-1-3-9(12)16/h1-6H,(H,17,18). The summed E-state index contributed by atoms with van der Waals surface area (Å²) in [6, 6.07) is 6.25. The minimum absolute atomic E-state index is 0.0445. The molecule has 3 rings (SSSR count). The van der Waals surface area contributed by atoms with Crippen LogP contribution in [0.4, 0.5) is 5.13 Å². The molecule has 0 radical (unpaired) electrons. The molecule has 0 bridgehead atoms. The van der Waals surface area contributed by atoms with Crippen molar-refractivity contribution in [3.63, 3.8) is 0 Å². The number of thiophene rings is 1. The van der Waals surface area contributed by atoms with Gasteiger partial charge in [-0.25, -0.2) is 13.4 Å². The fourth-order valence-corrected chi connectivity index (χ4v) is 6.10. The molecular formula is C13H7Cl3N2O2S3. The zero-order valence-corrected chi connectivity index (χ0v) is 15.8. The van der Waals surface area contributed by atoms with Crippen molar-refractivity contribution < 1.29 is 8.42 Å². The van der Waals surface area contributed by atoms with E-state index in [9.17, 15) is 8.42 Å². The van der Waals surface area contributed by atoms with Crippen molar-refractivity contribution in [2.75, 3.05) is 4.72 Å². The summed E-state index contributed by atoms with van der Waals surface area (Å²) in [6.45, 7) is 0. The van der Waals surface area contributed by atoms with Gasteiger partial charge in [0.15, 0.2) is 5.13 Å². The first-order valence-electron chi connectivity index (χ1n) is 6.04. The maximum Gasteiger partial charge on any atom is 0.266 e. The Morgan fingerprint density at radius 3 is 2.30 bits per heavy atom. The molecular weight excluding hydrogens is 419 g/mol. The third-order valence-electron chi connectivity index (χ3n) is 2.76. The Balaban J connectivity index is 1.93. The molecule has 4 nitrogen and oxygen atoms in total. The minimum atomic E-state index is -3.94. The Kier molecular flexibility index (Phi) is 4.87. The molecule has 0 aliphatic rings. The number of sulfonamides is 1. The summed E-state index contributed by atoms with van der Waals surface area (Å²) < 4.78 is 27.3. The smallest absolute Gasteiger partial charge is 0.255 e. The van der Waals surface area contributed by atoms with E-state index in [-0.39, 0.29) is 20.1 Å². The van der Waals surface area contributed by atoms with Gasteiger partial charge in [-0.1, -0.05) is 40.9 Å². The molecule has 2 heterocycles. The van der Waals surface area contributed by atoms with E-state index < -0.39 is 10.0 Å². The van der Waals surface area contributed by atoms with Crippen LogP contribution in [0.2, 0.25) is 15.1 Å². The molecule has 0 atom stereocenters. The second-order valence-corrected chi connectivity index (χ2v) is 8.91. The van der Waals surface area contributed by atoms with Crippen molar-refractivity contribution in [2.45, 2.75) is 4.90 Å². The average Bonchev–Trinajstić information content (AvgIpc) is 3.06. The van der Waals surface area contributed by atoms with Crippen LogP contribution in [0.1, 0.15) is 0 Å². The third-order valence-corrected chi connectivity index (χ3v) is 7.31. The molecule has 120 valence electrons. The number of nitrogens with one attached hydrogen (secondary N) is 1. The van der Waals surface area contributed by atoms with Gasteiger partial charge in [-0.3, -0.25) is 4.72 Å². The topological polar surface area (TPSA) is 59.1 Å². The Morgan fingerprint density at radius 1 is 1.00 bits per heavy atom. The Hall–Kier alpha value is -0.830. The van der Waals surface area contributed by atoms with Gasteiger partial charge in [0.1, 0.15) is 4.90 Å². The van der Waals surface area contributed by atoms with Crippen molar-refractivity contribution in [3.05, 3.63) is 50.1 Å². The van der Waals surface area contributed by atoms with E-state index in [0.29, 0.717) is 10.7 Å². The molecule has 0 saturated carbocycles. The summed E-state index contributed by atoms with van der Waals surface area (Å²) >= 11 is 20.5. The van der Waals surface area contributed by atoms with Crippen LogP contribution in [0.5, 0.6) is 0 Å². The summed E-state index contributed by atoms with van der Waals surface area (Å²) in [5.41, 5.74) is 0.609. The van der Waals surface area contributed by atoms with Gasteiger partial charge in [0.2, 0.25) is 0 Å². The lowest BCUT2D eigenvalue weighted by molar-refractivity contribution is 0.601. The third kappa shape index (κ3) is 3.50. The molecule has 0 saturated heterocycles. The van der Waals surface area contributed by atoms with Crippen LogP contribution in [0.25, 0.3) is 10.6 Å². The first-order chi connectivity index (χ1) is 10.9. The fourth-order valence-electron chi connectivity index (χ4n) is 1.81. The first-order valence-corrected chi connectivity index (χ1v) is 10.4. The number of halogens is 3. The molecule has 10 heteroatoms. The molecule has 0 amide bonds. The largest absolute Gasteiger partial charge is 0.266 e. The van der Waals surface area contributed by atoms with Crippen molar-refractivity contribution in [3.8, 4) is 10.6 Å². The molecule has 0 aliphatic heterocycles. The lowest BCUT2D eigenvalue weighted by Crippen LogP contribution is -2.13. The van der Waals surface area contributed by atoms with Crippen LogP contribution in [0, 0.1) is 0 Å². The summed E-state index contributed by atoms with van der Waals surface area (Å²) in [7, 11) is -3.94. The number of hydrogen-bond donors (Lipinski definition) is 1. The molecule has 0 aliphatic carbocycles. The van der Waals surface area contributed by atoms with Crippen LogP contribution in [0.3, 0.4) is 0 Å². The van der Waals surface area contributed by atoms with Crippen LogP contribution in [-0.2, 0) is 10.0 Å². The van der Waals surface area contributed by atoms with Crippen LogP contribution >= 0.6 is 57.5 Å². The van der Waals surface area contributed by atoms with Gasteiger partial charge < -0.3 is 0 Å². The zero-order chi connectivity index (χ0) is 16.6. The first kappa shape index (κ1) is 17.0. The summed E-state index contributed by atoms with van der Waals surface area (Å²) in [5.74, 6) is 0. The van der Waals surface area contributed by atoms with Crippen molar-refractivity contribution in [2.24, 2.45) is 0 Å². The molecule has 3 aromatic rings. The van der Waals surface area contributed by atoms with E-state index in [1.54, 1.807) is 17.5 Å². The maximum absolute atomic E-state index is 12.5. The van der Waals surface area contributed by atoms with Gasteiger partial charge in [0.05, 0.1) is 25.6 Å². The van der Waals surface area contributed by atoms with E-state index in [1.165, 1.54) is 23.5 Å². The average molecular weight is 426 g/mol. The number of benzene rings is 1.